The molecular weight excluding hydrogens is 418 g/mol. The van der Waals surface area contributed by atoms with Crippen molar-refractivity contribution in [3.05, 3.63) is 57.9 Å². The Balaban J connectivity index is 1.49. The number of aryl methyl sites for hydroxylation is 1. The Bertz CT molecular complexity index is 964. The molecule has 2 aromatic heterocycles. The average molecular weight is 444 g/mol. The van der Waals surface area contributed by atoms with Gasteiger partial charge in [-0.1, -0.05) is 18.2 Å². The van der Waals surface area contributed by atoms with E-state index in [0.717, 1.165) is 40.0 Å². The lowest BCUT2D eigenvalue weighted by atomic mass is 10.0. The molecule has 0 bridgehead atoms. The summed E-state index contributed by atoms with van der Waals surface area (Å²) in [6.45, 7) is 5.52. The van der Waals surface area contributed by atoms with Crippen LogP contribution in [0.25, 0.3) is 9.88 Å². The second-order valence-corrected chi connectivity index (χ2v) is 9.00. The molecule has 0 unspecified atom stereocenters. The lowest BCUT2D eigenvalue weighted by Crippen LogP contribution is -2.43. The molecule has 3 aromatic rings. The van der Waals surface area contributed by atoms with E-state index in [1.165, 1.54) is 11.3 Å². The van der Waals surface area contributed by atoms with Crippen molar-refractivity contribution < 1.29 is 14.3 Å². The monoisotopic (exact) mass is 443 g/mol. The Labute approximate surface area is 184 Å². The second-order valence-electron chi connectivity index (χ2n) is 7.06. The molecule has 6 nitrogen and oxygen atoms in total. The van der Waals surface area contributed by atoms with Crippen LogP contribution >= 0.6 is 22.7 Å². The number of thiazole rings is 1. The topological polar surface area (TPSA) is 63.7 Å². The first-order valence-electron chi connectivity index (χ1n) is 9.91. The smallest absolute Gasteiger partial charge is 0.263 e. The van der Waals surface area contributed by atoms with Gasteiger partial charge in [-0.2, -0.15) is 0 Å². The van der Waals surface area contributed by atoms with Crippen LogP contribution in [-0.2, 0) is 4.74 Å². The number of benzene rings is 1. The highest BCUT2D eigenvalue weighted by Crippen LogP contribution is 2.31. The maximum Gasteiger partial charge on any atom is 0.263 e. The van der Waals surface area contributed by atoms with Crippen LogP contribution in [0.3, 0.4) is 0 Å². The predicted octanol–water partition coefficient (Wildman–Crippen LogP) is 3.99. The molecule has 0 spiro atoms. The van der Waals surface area contributed by atoms with E-state index in [1.54, 1.807) is 18.4 Å². The van der Waals surface area contributed by atoms with Gasteiger partial charge in [-0.15, -0.1) is 22.7 Å². The molecule has 1 aliphatic heterocycles. The number of amides is 1. The second kappa shape index (κ2) is 9.70. The molecule has 0 saturated carbocycles. The van der Waals surface area contributed by atoms with Crippen molar-refractivity contribution in [3.63, 3.8) is 0 Å². The standard InChI is InChI=1S/C22H25N3O3S2/c1-15-20(30-22(24-15)19-4-3-13-29-19)21(26)23-14-18(25-9-11-28-12-10-25)16-5-7-17(27-2)8-6-16/h3-8,13,18H,9-12,14H2,1-2H3,(H,23,26)/t18-/m0/s1. The number of carbonyl (C=O) groups is 1. The van der Waals surface area contributed by atoms with E-state index in [2.05, 4.69) is 27.3 Å². The first-order valence-corrected chi connectivity index (χ1v) is 11.6. The number of nitrogens with zero attached hydrogens (tertiary/aromatic N) is 2. The van der Waals surface area contributed by atoms with Gasteiger partial charge < -0.3 is 14.8 Å². The normalized spacial score (nSPS) is 15.7. The van der Waals surface area contributed by atoms with E-state index in [1.807, 2.05) is 36.6 Å². The van der Waals surface area contributed by atoms with Crippen molar-refractivity contribution >= 4 is 28.6 Å². The SMILES string of the molecule is COc1ccc([C@H](CNC(=O)c2sc(-c3cccs3)nc2C)N2CCOCC2)cc1. The number of nitrogens with one attached hydrogen (secondary N) is 1. The van der Waals surface area contributed by atoms with Gasteiger partial charge in [0.2, 0.25) is 0 Å². The molecule has 0 radical (unpaired) electrons. The molecule has 1 amide bonds. The van der Waals surface area contributed by atoms with E-state index in [4.69, 9.17) is 9.47 Å². The van der Waals surface area contributed by atoms with Crippen molar-refractivity contribution in [1.29, 1.82) is 0 Å². The number of carbonyl (C=O) groups excluding carboxylic acids is 1. The largest absolute Gasteiger partial charge is 0.497 e. The fraction of sp³-hybridized carbons (Fsp3) is 0.364. The number of aromatic nitrogens is 1. The van der Waals surface area contributed by atoms with Crippen LogP contribution in [0, 0.1) is 6.92 Å². The molecule has 8 heteroatoms. The van der Waals surface area contributed by atoms with Gasteiger partial charge in [-0.3, -0.25) is 9.69 Å². The van der Waals surface area contributed by atoms with Crippen LogP contribution in [0.5, 0.6) is 5.75 Å². The van der Waals surface area contributed by atoms with Gasteiger partial charge in [0.05, 0.1) is 36.9 Å². The zero-order chi connectivity index (χ0) is 20.9. The fourth-order valence-corrected chi connectivity index (χ4v) is 5.33. The molecule has 1 aromatic carbocycles. The summed E-state index contributed by atoms with van der Waals surface area (Å²) in [5.41, 5.74) is 1.92. The molecule has 30 heavy (non-hydrogen) atoms. The van der Waals surface area contributed by atoms with E-state index >= 15 is 0 Å². The molecule has 158 valence electrons. The molecule has 4 rings (SSSR count). The summed E-state index contributed by atoms with van der Waals surface area (Å²) < 4.78 is 10.8. The Kier molecular flexibility index (Phi) is 6.79. The highest BCUT2D eigenvalue weighted by Gasteiger charge is 2.24. The molecule has 1 fully saturated rings. The van der Waals surface area contributed by atoms with Crippen LogP contribution in [0.1, 0.15) is 27.0 Å². The van der Waals surface area contributed by atoms with Crippen LogP contribution in [0.15, 0.2) is 41.8 Å². The van der Waals surface area contributed by atoms with E-state index < -0.39 is 0 Å². The third-order valence-corrected chi connectivity index (χ3v) is 7.37. The zero-order valence-corrected chi connectivity index (χ0v) is 18.7. The average Bonchev–Trinajstić information content (AvgIpc) is 3.45. The van der Waals surface area contributed by atoms with Crippen molar-refractivity contribution in [1.82, 2.24) is 15.2 Å². The number of rotatable bonds is 7. The Morgan fingerprint density at radius 1 is 1.27 bits per heavy atom. The van der Waals surface area contributed by atoms with Crippen molar-refractivity contribution in [2.45, 2.75) is 13.0 Å². The molecule has 1 atom stereocenters. The minimum atomic E-state index is -0.0698. The summed E-state index contributed by atoms with van der Waals surface area (Å²) >= 11 is 3.08. The number of thiophene rings is 1. The van der Waals surface area contributed by atoms with Crippen LogP contribution < -0.4 is 10.1 Å². The van der Waals surface area contributed by atoms with Crippen LogP contribution in [0.2, 0.25) is 0 Å². The van der Waals surface area contributed by atoms with E-state index in [0.29, 0.717) is 24.6 Å². The molecule has 3 heterocycles. The number of methoxy groups -OCH3 is 1. The van der Waals surface area contributed by atoms with Crippen LogP contribution in [-0.4, -0.2) is 55.7 Å². The minimum Gasteiger partial charge on any atom is -0.497 e. The summed E-state index contributed by atoms with van der Waals surface area (Å²) in [6.07, 6.45) is 0. The van der Waals surface area contributed by atoms with Crippen LogP contribution in [0.4, 0.5) is 0 Å². The highest BCUT2D eigenvalue weighted by molar-refractivity contribution is 7.22. The molecular formula is C22H25N3O3S2. The third-order valence-electron chi connectivity index (χ3n) is 5.18. The van der Waals surface area contributed by atoms with E-state index in [9.17, 15) is 4.79 Å². The van der Waals surface area contributed by atoms with Gasteiger partial charge in [0.1, 0.15) is 15.6 Å². The van der Waals surface area contributed by atoms with E-state index in [-0.39, 0.29) is 11.9 Å². The lowest BCUT2D eigenvalue weighted by Gasteiger charge is -2.35. The summed E-state index contributed by atoms with van der Waals surface area (Å²) in [7, 11) is 1.66. The summed E-state index contributed by atoms with van der Waals surface area (Å²) in [6, 6.07) is 12.2. The predicted molar refractivity (Wildman–Crippen MR) is 121 cm³/mol. The molecule has 1 aliphatic rings. The Morgan fingerprint density at radius 2 is 2.03 bits per heavy atom. The molecule has 1 N–H and O–H groups in total. The summed E-state index contributed by atoms with van der Waals surface area (Å²) in [4.78, 5) is 21.7. The fourth-order valence-electron chi connectivity index (χ4n) is 3.56. The number of ether oxygens (including phenoxy) is 2. The van der Waals surface area contributed by atoms with Crippen molar-refractivity contribution in [2.75, 3.05) is 40.0 Å². The maximum absolute atomic E-state index is 13.0. The first-order chi connectivity index (χ1) is 14.7. The Morgan fingerprint density at radius 3 is 2.70 bits per heavy atom. The van der Waals surface area contributed by atoms with Crippen molar-refractivity contribution in [3.8, 4) is 15.6 Å². The van der Waals surface area contributed by atoms with Crippen molar-refractivity contribution in [2.24, 2.45) is 0 Å². The van der Waals surface area contributed by atoms with Gasteiger partial charge in [0, 0.05) is 19.6 Å². The number of morpholine rings is 1. The summed E-state index contributed by atoms with van der Waals surface area (Å²) in [5.74, 6) is 0.754. The number of hydrogen-bond donors (Lipinski definition) is 1. The lowest BCUT2D eigenvalue weighted by molar-refractivity contribution is 0.0162. The van der Waals surface area contributed by atoms with Gasteiger partial charge in [0.25, 0.3) is 5.91 Å². The molecule has 0 aliphatic carbocycles. The summed E-state index contributed by atoms with van der Waals surface area (Å²) in [5, 5.41) is 6.06. The zero-order valence-electron chi connectivity index (χ0n) is 17.1. The Hall–Kier alpha value is -2.26. The third kappa shape index (κ3) is 4.73. The van der Waals surface area contributed by atoms with Gasteiger partial charge >= 0.3 is 0 Å². The number of hydrogen-bond acceptors (Lipinski definition) is 7. The molecule has 1 saturated heterocycles. The van der Waals surface area contributed by atoms with Gasteiger partial charge in [-0.05, 0) is 36.1 Å². The maximum atomic E-state index is 13.0. The highest BCUT2D eigenvalue weighted by atomic mass is 32.1. The first kappa shape index (κ1) is 21.0. The van der Waals surface area contributed by atoms with Gasteiger partial charge in [-0.25, -0.2) is 4.98 Å². The quantitative estimate of drug-likeness (QED) is 0.598. The van der Waals surface area contributed by atoms with Gasteiger partial charge in [0.15, 0.2) is 0 Å². The minimum absolute atomic E-state index is 0.0698.